The molecule has 0 N–H and O–H groups in total. The van der Waals surface area contributed by atoms with E-state index in [2.05, 4.69) is 0 Å². The third kappa shape index (κ3) is 2.32. The van der Waals surface area contributed by atoms with E-state index in [1.165, 1.54) is 0 Å². The van der Waals surface area contributed by atoms with Crippen molar-refractivity contribution in [1.82, 2.24) is 0 Å². The fourth-order valence-electron chi connectivity index (χ4n) is 3.28. The van der Waals surface area contributed by atoms with Gasteiger partial charge in [-0.05, 0) is 38.3 Å². The van der Waals surface area contributed by atoms with Crippen LogP contribution in [0.4, 0.5) is 13.2 Å². The summed E-state index contributed by atoms with van der Waals surface area (Å²) in [5.41, 5.74) is -0.360. The number of carbonyl (C=O) groups excluding carboxylic acids is 1. The molecule has 1 aliphatic heterocycles. The van der Waals surface area contributed by atoms with Crippen LogP contribution in [-0.2, 0) is 0 Å². The zero-order valence-corrected chi connectivity index (χ0v) is 11.8. The number of Topliss-reactive ketones (excluding diaryl/α,β-unsaturated/α-hetero) is 1. The van der Waals surface area contributed by atoms with Crippen molar-refractivity contribution in [3.8, 4) is 5.75 Å². The van der Waals surface area contributed by atoms with Crippen molar-refractivity contribution < 1.29 is 22.7 Å². The van der Waals surface area contributed by atoms with Crippen LogP contribution in [0.3, 0.4) is 0 Å². The number of benzene rings is 1. The van der Waals surface area contributed by atoms with Gasteiger partial charge in [-0.1, -0.05) is 18.1 Å². The number of alkyl halides is 3. The van der Waals surface area contributed by atoms with Crippen LogP contribution in [0.2, 0.25) is 0 Å². The van der Waals surface area contributed by atoms with E-state index < -0.39 is 17.5 Å². The highest BCUT2D eigenvalue weighted by Gasteiger charge is 2.59. The predicted octanol–water partition coefficient (Wildman–Crippen LogP) is 4.31. The Balaban J connectivity index is 1.84. The van der Waals surface area contributed by atoms with Gasteiger partial charge in [0.1, 0.15) is 5.75 Å². The van der Waals surface area contributed by atoms with E-state index in [-0.39, 0.29) is 31.7 Å². The molecule has 5 heteroatoms. The fraction of sp³-hybridized carbons (Fsp3) is 0.562. The van der Waals surface area contributed by atoms with Crippen molar-refractivity contribution in [3.63, 3.8) is 0 Å². The molecule has 0 saturated heterocycles. The third-order valence-corrected chi connectivity index (χ3v) is 4.76. The van der Waals surface area contributed by atoms with E-state index in [1.54, 1.807) is 12.1 Å². The summed E-state index contributed by atoms with van der Waals surface area (Å²) in [5, 5.41) is 0. The monoisotopic (exact) mass is 298 g/mol. The summed E-state index contributed by atoms with van der Waals surface area (Å²) >= 11 is 0. The first-order valence-electron chi connectivity index (χ1n) is 7.17. The first kappa shape index (κ1) is 14.4. The number of halogens is 3. The molecule has 0 spiro atoms. The van der Waals surface area contributed by atoms with Gasteiger partial charge in [-0.2, -0.15) is 13.2 Å². The van der Waals surface area contributed by atoms with Gasteiger partial charge >= 0.3 is 6.18 Å². The highest BCUT2D eigenvalue weighted by Crippen LogP contribution is 2.57. The lowest BCUT2D eigenvalue weighted by Gasteiger charge is -2.45. The van der Waals surface area contributed by atoms with E-state index in [0.29, 0.717) is 17.7 Å². The van der Waals surface area contributed by atoms with Crippen LogP contribution in [-0.4, -0.2) is 18.6 Å². The summed E-state index contributed by atoms with van der Waals surface area (Å²) in [6, 6.07) is 5.24. The molecule has 0 aromatic heterocycles. The van der Waals surface area contributed by atoms with Gasteiger partial charge in [-0.25, -0.2) is 0 Å². The normalized spacial score (nSPS) is 24.0. The van der Waals surface area contributed by atoms with Crippen LogP contribution in [0.5, 0.6) is 5.75 Å². The number of carbonyl (C=O) groups is 1. The molecule has 1 atom stereocenters. The summed E-state index contributed by atoms with van der Waals surface area (Å²) in [6.07, 6.45) is -3.56. The molecular weight excluding hydrogens is 281 g/mol. The Morgan fingerprint density at radius 1 is 1.33 bits per heavy atom. The highest BCUT2D eigenvalue weighted by molar-refractivity contribution is 6.01. The highest BCUT2D eigenvalue weighted by atomic mass is 19.4. The van der Waals surface area contributed by atoms with Gasteiger partial charge in [-0.3, -0.25) is 4.79 Å². The van der Waals surface area contributed by atoms with Crippen LogP contribution < -0.4 is 4.74 Å². The Morgan fingerprint density at radius 3 is 2.62 bits per heavy atom. The van der Waals surface area contributed by atoms with Crippen molar-refractivity contribution >= 4 is 5.78 Å². The molecule has 0 radical (unpaired) electrons. The number of rotatable bonds is 2. The topological polar surface area (TPSA) is 26.3 Å². The van der Waals surface area contributed by atoms with Crippen molar-refractivity contribution in [2.24, 2.45) is 11.3 Å². The van der Waals surface area contributed by atoms with E-state index in [0.717, 1.165) is 5.56 Å². The smallest absolute Gasteiger partial charge is 0.394 e. The number of fused-ring (bicyclic) bond motifs is 1. The molecule has 21 heavy (non-hydrogen) atoms. The maximum Gasteiger partial charge on any atom is 0.394 e. The van der Waals surface area contributed by atoms with E-state index in [4.69, 9.17) is 4.74 Å². The lowest BCUT2D eigenvalue weighted by molar-refractivity contribution is -0.256. The Labute approximate surface area is 121 Å². The van der Waals surface area contributed by atoms with Gasteiger partial charge in [-0.15, -0.1) is 0 Å². The van der Waals surface area contributed by atoms with Crippen molar-refractivity contribution in [2.75, 3.05) is 6.61 Å². The number of aryl methyl sites for hydroxylation is 1. The molecule has 1 saturated carbocycles. The number of ketones is 1. The SMILES string of the molecule is Cc1ccc2c(c1)C(=O)C(CC1(C(F)(F)F)CCC1)CO2. The van der Waals surface area contributed by atoms with Crippen molar-refractivity contribution in [3.05, 3.63) is 29.3 Å². The summed E-state index contributed by atoms with van der Waals surface area (Å²) < 4.78 is 45.2. The number of hydrogen-bond donors (Lipinski definition) is 0. The summed E-state index contributed by atoms with van der Waals surface area (Å²) in [4.78, 5) is 12.5. The molecule has 1 fully saturated rings. The van der Waals surface area contributed by atoms with Crippen LogP contribution in [0.25, 0.3) is 0 Å². The molecule has 1 aromatic rings. The summed E-state index contributed by atoms with van der Waals surface area (Å²) in [7, 11) is 0. The molecule has 1 aromatic carbocycles. The maximum absolute atomic E-state index is 13.2. The molecule has 1 unspecified atom stereocenters. The lowest BCUT2D eigenvalue weighted by atomic mass is 9.63. The minimum absolute atomic E-state index is 0.0483. The number of hydrogen-bond acceptors (Lipinski definition) is 2. The lowest BCUT2D eigenvalue weighted by Crippen LogP contribution is -2.47. The zero-order valence-electron chi connectivity index (χ0n) is 11.8. The van der Waals surface area contributed by atoms with Gasteiger partial charge in [0.15, 0.2) is 5.78 Å². The van der Waals surface area contributed by atoms with Gasteiger partial charge in [0.2, 0.25) is 0 Å². The molecule has 1 aliphatic carbocycles. The van der Waals surface area contributed by atoms with Crippen LogP contribution in [0.15, 0.2) is 18.2 Å². The van der Waals surface area contributed by atoms with Crippen molar-refractivity contribution in [1.29, 1.82) is 0 Å². The molecule has 2 nitrogen and oxygen atoms in total. The summed E-state index contributed by atoms with van der Waals surface area (Å²) in [5.74, 6) is -0.423. The zero-order chi connectivity index (χ0) is 15.3. The van der Waals surface area contributed by atoms with Crippen LogP contribution in [0, 0.1) is 18.3 Å². The first-order valence-corrected chi connectivity index (χ1v) is 7.17. The minimum atomic E-state index is -4.24. The van der Waals surface area contributed by atoms with Crippen molar-refractivity contribution in [2.45, 2.75) is 38.8 Å². The first-order chi connectivity index (χ1) is 9.82. The Kier molecular flexibility index (Phi) is 3.26. The Morgan fingerprint density at radius 2 is 2.05 bits per heavy atom. The third-order valence-electron chi connectivity index (χ3n) is 4.76. The molecular formula is C16H17F3O2. The van der Waals surface area contributed by atoms with Gasteiger partial charge in [0.05, 0.1) is 23.5 Å². The van der Waals surface area contributed by atoms with Gasteiger partial charge in [0.25, 0.3) is 0 Å². The maximum atomic E-state index is 13.2. The van der Waals surface area contributed by atoms with Crippen LogP contribution >= 0.6 is 0 Å². The molecule has 0 amide bonds. The van der Waals surface area contributed by atoms with E-state index in [1.807, 2.05) is 13.0 Å². The molecule has 114 valence electrons. The second-order valence-corrected chi connectivity index (χ2v) is 6.21. The number of ether oxygens (including phenoxy) is 1. The fourth-order valence-corrected chi connectivity index (χ4v) is 3.28. The largest absolute Gasteiger partial charge is 0.492 e. The Hall–Kier alpha value is -1.52. The van der Waals surface area contributed by atoms with E-state index in [9.17, 15) is 18.0 Å². The van der Waals surface area contributed by atoms with E-state index >= 15 is 0 Å². The molecule has 1 heterocycles. The molecule has 2 aliphatic rings. The molecule has 3 rings (SSSR count). The standard InChI is InChI=1S/C16H17F3O2/c1-10-3-4-13-12(7-10)14(20)11(9-21-13)8-15(5-2-6-15)16(17,18)19/h3-4,7,11H,2,5-6,8-9H2,1H3. The second kappa shape index (κ2) is 4.75. The van der Waals surface area contributed by atoms with Gasteiger partial charge in [0, 0.05) is 0 Å². The van der Waals surface area contributed by atoms with Crippen LogP contribution in [0.1, 0.15) is 41.6 Å². The Bertz CT molecular complexity index is 573. The summed E-state index contributed by atoms with van der Waals surface area (Å²) in [6.45, 7) is 1.90. The van der Waals surface area contributed by atoms with Gasteiger partial charge < -0.3 is 4.74 Å². The average Bonchev–Trinajstić information content (AvgIpc) is 2.35. The second-order valence-electron chi connectivity index (χ2n) is 6.21. The molecule has 0 bridgehead atoms. The minimum Gasteiger partial charge on any atom is -0.492 e. The quantitative estimate of drug-likeness (QED) is 0.813. The predicted molar refractivity (Wildman–Crippen MR) is 71.5 cm³/mol. The average molecular weight is 298 g/mol.